The number of ketones is 1. The zero-order valence-corrected chi connectivity index (χ0v) is 32.8. The molecule has 0 bridgehead atoms. The van der Waals surface area contributed by atoms with Gasteiger partial charge in [0.25, 0.3) is 0 Å². The van der Waals surface area contributed by atoms with Crippen LogP contribution in [0.3, 0.4) is 0 Å². The molecule has 2 aliphatic heterocycles. The summed E-state index contributed by atoms with van der Waals surface area (Å²) in [4.78, 5) is 75.1. The number of amides is 4. The Kier molecular flexibility index (Phi) is 9.01. The molecule has 284 valence electrons. The number of rotatable bonds is 7. The van der Waals surface area contributed by atoms with Gasteiger partial charge in [-0.2, -0.15) is 0 Å². The van der Waals surface area contributed by atoms with Crippen LogP contribution in [0.4, 0.5) is 11.4 Å². The van der Waals surface area contributed by atoms with Crippen molar-refractivity contribution in [3.05, 3.63) is 165 Å². The van der Waals surface area contributed by atoms with E-state index in [0.717, 1.165) is 0 Å². The van der Waals surface area contributed by atoms with E-state index in [1.807, 2.05) is 42.5 Å². The monoisotopic (exact) mass is 840 g/mol. The molecule has 4 aliphatic rings. The molecule has 3 fully saturated rings. The van der Waals surface area contributed by atoms with Gasteiger partial charge in [0.1, 0.15) is 0 Å². The van der Waals surface area contributed by atoms with Crippen LogP contribution < -0.4 is 14.5 Å². The predicted octanol–water partition coefficient (Wildman–Crippen LogP) is 8.41. The number of nitrogens with zero attached hydrogens (tertiary/aromatic N) is 2. The van der Waals surface area contributed by atoms with Gasteiger partial charge in [-0.15, -0.1) is 0 Å². The molecule has 0 aromatic heterocycles. The van der Waals surface area contributed by atoms with Crippen LogP contribution in [0.15, 0.2) is 137 Å². The Bertz CT molecular complexity index is 2540. The number of carbonyl (C=O) groups excluding carboxylic acids is 5. The second-order valence-corrected chi connectivity index (χ2v) is 16.2. The van der Waals surface area contributed by atoms with Crippen molar-refractivity contribution in [1.82, 2.24) is 0 Å². The molecule has 0 unspecified atom stereocenters. The Labute approximate surface area is 341 Å². The highest BCUT2D eigenvalue weighted by Gasteiger charge is 2.70. The maximum Gasteiger partial charge on any atom is 0.246 e. The average molecular weight is 842 g/mol. The maximum atomic E-state index is 15.5. The van der Waals surface area contributed by atoms with E-state index in [1.165, 1.54) is 16.9 Å². The molecule has 2 saturated heterocycles. The van der Waals surface area contributed by atoms with Gasteiger partial charge in [0.2, 0.25) is 23.6 Å². The summed E-state index contributed by atoms with van der Waals surface area (Å²) in [5.41, 5.74) is 1.60. The van der Waals surface area contributed by atoms with Crippen molar-refractivity contribution in [2.45, 2.75) is 24.2 Å². The van der Waals surface area contributed by atoms with Crippen molar-refractivity contribution in [2.24, 2.45) is 23.7 Å². The van der Waals surface area contributed by atoms with Crippen molar-refractivity contribution in [1.29, 1.82) is 0 Å². The fourth-order valence-electron chi connectivity index (χ4n) is 9.83. The molecule has 9 rings (SSSR count). The van der Waals surface area contributed by atoms with Gasteiger partial charge in [-0.05, 0) is 78.9 Å². The Balaban J connectivity index is 1.19. The largest absolute Gasteiger partial charge is 0.504 e. The first-order valence-electron chi connectivity index (χ1n) is 18.6. The standard InChI is InChI=1S/C46H34BrClN2O7/c1-57-37-22-28(47)21-35(41(37)52)39-32-19-20-33-38(44(55)49(42(33)53)30-17-15-26(16-18-30)40(51)25-9-4-2-5-10-25)34(32)24-36-43(54)50(31-14-8-13-29(48)23-31)45(56)46(36,39)27-11-6-3-7-12-27/h2-19,21-23,33-34,36,38-39,52H,20,24H2,1H3/t33-,34+,36-,38-,39+,46+/m0/s1. The fraction of sp³-hybridized carbons (Fsp3) is 0.196. The van der Waals surface area contributed by atoms with Crippen LogP contribution in [-0.4, -0.2) is 41.6 Å². The third-order valence-electron chi connectivity index (χ3n) is 12.2. The van der Waals surface area contributed by atoms with Crippen molar-refractivity contribution < 1.29 is 33.8 Å². The number of hydrogen-bond acceptors (Lipinski definition) is 7. The van der Waals surface area contributed by atoms with Crippen molar-refractivity contribution in [3.8, 4) is 11.5 Å². The highest BCUT2D eigenvalue weighted by molar-refractivity contribution is 9.10. The normalized spacial score (nSPS) is 25.2. The first kappa shape index (κ1) is 36.8. The zero-order chi connectivity index (χ0) is 39.7. The molecule has 5 aromatic rings. The van der Waals surface area contributed by atoms with Gasteiger partial charge < -0.3 is 9.84 Å². The van der Waals surface area contributed by atoms with Gasteiger partial charge in [-0.25, -0.2) is 4.90 Å². The second-order valence-electron chi connectivity index (χ2n) is 14.9. The third-order valence-corrected chi connectivity index (χ3v) is 12.9. The molecule has 1 N–H and O–H groups in total. The molecule has 6 atom stereocenters. The lowest BCUT2D eigenvalue weighted by Gasteiger charge is -2.50. The smallest absolute Gasteiger partial charge is 0.246 e. The zero-order valence-electron chi connectivity index (χ0n) is 30.5. The molecule has 2 heterocycles. The van der Waals surface area contributed by atoms with Crippen molar-refractivity contribution >= 4 is 68.3 Å². The number of allylic oxidation sites excluding steroid dienone is 2. The lowest BCUT2D eigenvalue weighted by atomic mass is 9.49. The van der Waals surface area contributed by atoms with Crippen LogP contribution in [0.5, 0.6) is 11.5 Å². The third kappa shape index (κ3) is 5.52. The lowest BCUT2D eigenvalue weighted by Crippen LogP contribution is -2.53. The number of carbonyl (C=O) groups is 5. The number of fused-ring (bicyclic) bond motifs is 4. The van der Waals surface area contributed by atoms with Crippen LogP contribution in [0.2, 0.25) is 5.02 Å². The summed E-state index contributed by atoms with van der Waals surface area (Å²) >= 11 is 10.0. The van der Waals surface area contributed by atoms with E-state index in [-0.39, 0.29) is 36.0 Å². The highest BCUT2D eigenvalue weighted by atomic mass is 79.9. The van der Waals surface area contributed by atoms with Crippen LogP contribution >= 0.6 is 27.5 Å². The summed E-state index contributed by atoms with van der Waals surface area (Å²) in [7, 11) is 1.43. The topological polar surface area (TPSA) is 121 Å². The van der Waals surface area contributed by atoms with E-state index < -0.39 is 52.7 Å². The minimum Gasteiger partial charge on any atom is -0.504 e. The number of aromatic hydroxyl groups is 1. The van der Waals surface area contributed by atoms with Crippen LogP contribution in [0.25, 0.3) is 0 Å². The number of benzene rings is 5. The van der Waals surface area contributed by atoms with E-state index in [4.69, 9.17) is 16.3 Å². The summed E-state index contributed by atoms with van der Waals surface area (Å²) in [5.74, 6) is -6.21. The van der Waals surface area contributed by atoms with E-state index >= 15 is 9.59 Å². The fourth-order valence-corrected chi connectivity index (χ4v) is 10.5. The molecular formula is C46H34BrClN2O7. The number of methoxy groups -OCH3 is 1. The summed E-state index contributed by atoms with van der Waals surface area (Å²) in [5, 5.41) is 12.3. The van der Waals surface area contributed by atoms with Gasteiger partial charge >= 0.3 is 0 Å². The molecular weight excluding hydrogens is 808 g/mol. The van der Waals surface area contributed by atoms with E-state index in [9.17, 15) is 19.5 Å². The van der Waals surface area contributed by atoms with Gasteiger partial charge in [-0.3, -0.25) is 28.9 Å². The van der Waals surface area contributed by atoms with Gasteiger partial charge in [0.05, 0.1) is 41.7 Å². The summed E-state index contributed by atoms with van der Waals surface area (Å²) in [6.45, 7) is 0. The Morgan fingerprint density at radius 3 is 2.14 bits per heavy atom. The summed E-state index contributed by atoms with van der Waals surface area (Å²) < 4.78 is 6.17. The molecule has 4 amide bonds. The molecule has 0 spiro atoms. The quantitative estimate of drug-likeness (QED) is 0.0993. The number of phenolic OH excluding ortho intramolecular Hbond substituents is 1. The lowest BCUT2D eigenvalue weighted by molar-refractivity contribution is -0.127. The minimum atomic E-state index is -1.58. The van der Waals surface area contributed by atoms with Crippen LogP contribution in [0, 0.1) is 23.7 Å². The van der Waals surface area contributed by atoms with Crippen LogP contribution in [0.1, 0.15) is 45.8 Å². The first-order chi connectivity index (χ1) is 27.6. The Hall–Kier alpha value is -5.84. The van der Waals surface area contributed by atoms with E-state index in [0.29, 0.717) is 48.7 Å². The number of halogens is 2. The van der Waals surface area contributed by atoms with Crippen LogP contribution in [-0.2, 0) is 24.6 Å². The van der Waals surface area contributed by atoms with Crippen molar-refractivity contribution in [3.63, 3.8) is 0 Å². The summed E-state index contributed by atoms with van der Waals surface area (Å²) in [6.07, 6.45) is 2.21. The predicted molar refractivity (Wildman–Crippen MR) is 217 cm³/mol. The molecule has 1 saturated carbocycles. The van der Waals surface area contributed by atoms with Gasteiger partial charge in [-0.1, -0.05) is 106 Å². The first-order valence-corrected chi connectivity index (χ1v) is 19.8. The number of hydrogen-bond donors (Lipinski definition) is 1. The maximum absolute atomic E-state index is 15.5. The highest BCUT2D eigenvalue weighted by Crippen LogP contribution is 2.66. The van der Waals surface area contributed by atoms with E-state index in [1.54, 1.807) is 84.9 Å². The van der Waals surface area contributed by atoms with Crippen molar-refractivity contribution in [2.75, 3.05) is 16.9 Å². The molecule has 57 heavy (non-hydrogen) atoms. The number of anilines is 2. The molecule has 2 aliphatic carbocycles. The molecule has 11 heteroatoms. The molecule has 0 radical (unpaired) electrons. The van der Waals surface area contributed by atoms with E-state index in [2.05, 4.69) is 15.9 Å². The Morgan fingerprint density at radius 1 is 0.772 bits per heavy atom. The van der Waals surface area contributed by atoms with Gasteiger partial charge in [0, 0.05) is 32.1 Å². The number of imide groups is 2. The second kappa shape index (κ2) is 14.0. The minimum absolute atomic E-state index is 0.0866. The molecule has 9 nitrogen and oxygen atoms in total. The summed E-state index contributed by atoms with van der Waals surface area (Å²) in [6, 6.07) is 34.3. The number of ether oxygens (including phenoxy) is 1. The van der Waals surface area contributed by atoms with Gasteiger partial charge in [0.15, 0.2) is 17.3 Å². The number of phenols is 1. The molecule has 5 aromatic carbocycles. The average Bonchev–Trinajstić information content (AvgIpc) is 3.62. The Morgan fingerprint density at radius 2 is 1.46 bits per heavy atom. The SMILES string of the molecule is COc1cc(Br)cc([C@H]2C3=CC[C@@H]4C(=O)N(c5ccc(C(=O)c6ccccc6)cc5)C(=O)[C@@H]4[C@@H]3C[C@H]3C(=O)N(c4cccc(Cl)c4)C(=O)[C@@]23c2ccccc2)c1O.